The van der Waals surface area contributed by atoms with Crippen LogP contribution in [0.4, 0.5) is 4.39 Å². The zero-order valence-electron chi connectivity index (χ0n) is 5.35. The molecule has 0 bridgehead atoms. The Bertz CT molecular complexity index is 89.1. The highest BCUT2D eigenvalue weighted by Crippen LogP contribution is 2.28. The molecule has 1 aliphatic rings. The predicted molar refractivity (Wildman–Crippen MR) is 39.4 cm³/mol. The van der Waals surface area contributed by atoms with Gasteiger partial charge in [-0.2, -0.15) is 11.8 Å². The second-order valence-electron chi connectivity index (χ2n) is 2.39. The van der Waals surface area contributed by atoms with Crippen LogP contribution in [0.1, 0.15) is 6.42 Å². The highest BCUT2D eigenvalue weighted by Gasteiger charge is 2.26. The van der Waals surface area contributed by atoms with Crippen LogP contribution in [0.15, 0.2) is 0 Å². The van der Waals surface area contributed by atoms with Gasteiger partial charge in [-0.15, -0.1) is 0 Å². The van der Waals surface area contributed by atoms with Gasteiger partial charge in [-0.3, -0.25) is 0 Å². The second kappa shape index (κ2) is 3.42. The first kappa shape index (κ1) is 7.35. The zero-order valence-corrected chi connectivity index (χ0v) is 6.16. The van der Waals surface area contributed by atoms with Crippen molar-refractivity contribution in [3.8, 4) is 0 Å². The minimum atomic E-state index is -0.585. The van der Waals surface area contributed by atoms with E-state index in [0.717, 1.165) is 12.2 Å². The summed E-state index contributed by atoms with van der Waals surface area (Å²) in [7, 11) is 0. The van der Waals surface area contributed by atoms with E-state index in [4.69, 9.17) is 5.73 Å². The van der Waals surface area contributed by atoms with Gasteiger partial charge < -0.3 is 5.73 Å². The monoisotopic (exact) mass is 149 g/mol. The van der Waals surface area contributed by atoms with E-state index in [1.165, 1.54) is 0 Å². The Morgan fingerprint density at radius 3 is 2.78 bits per heavy atom. The quantitative estimate of drug-likeness (QED) is 0.634. The lowest BCUT2D eigenvalue weighted by molar-refractivity contribution is 0.276. The maximum absolute atomic E-state index is 12.7. The van der Waals surface area contributed by atoms with Crippen LogP contribution >= 0.6 is 11.8 Å². The number of halogens is 1. The summed E-state index contributed by atoms with van der Waals surface area (Å²) in [4.78, 5) is 0. The molecule has 1 nitrogen and oxygen atoms in total. The van der Waals surface area contributed by atoms with Crippen LogP contribution in [0, 0.1) is 5.92 Å². The number of hydrogen-bond donors (Lipinski definition) is 1. The molecule has 1 fully saturated rings. The van der Waals surface area contributed by atoms with Crippen LogP contribution < -0.4 is 5.73 Å². The molecule has 0 aromatic heterocycles. The summed E-state index contributed by atoms with van der Waals surface area (Å²) in [6, 6.07) is 0. The van der Waals surface area contributed by atoms with Crippen molar-refractivity contribution in [1.82, 2.24) is 0 Å². The molecule has 0 spiro atoms. The SMILES string of the molecule is NCCC1CSCC1F. The van der Waals surface area contributed by atoms with Gasteiger partial charge in [0.05, 0.1) is 0 Å². The minimum Gasteiger partial charge on any atom is -0.330 e. The third-order valence-corrected chi connectivity index (χ3v) is 2.88. The van der Waals surface area contributed by atoms with Gasteiger partial charge in [0.2, 0.25) is 0 Å². The van der Waals surface area contributed by atoms with E-state index in [1.807, 2.05) is 0 Å². The second-order valence-corrected chi connectivity index (χ2v) is 3.47. The number of nitrogens with two attached hydrogens (primary N) is 1. The Balaban J connectivity index is 2.22. The zero-order chi connectivity index (χ0) is 6.69. The van der Waals surface area contributed by atoms with Crippen molar-refractivity contribution < 1.29 is 4.39 Å². The van der Waals surface area contributed by atoms with Gasteiger partial charge in [-0.25, -0.2) is 4.39 Å². The molecule has 3 heteroatoms. The Morgan fingerprint density at radius 2 is 2.33 bits per heavy atom. The van der Waals surface area contributed by atoms with E-state index in [9.17, 15) is 4.39 Å². The predicted octanol–water partition coefficient (Wildman–Crippen LogP) is 1.04. The van der Waals surface area contributed by atoms with Crippen molar-refractivity contribution in [3.05, 3.63) is 0 Å². The first-order valence-electron chi connectivity index (χ1n) is 3.26. The molecule has 1 saturated heterocycles. The van der Waals surface area contributed by atoms with Crippen molar-refractivity contribution in [2.45, 2.75) is 12.6 Å². The molecule has 1 heterocycles. The van der Waals surface area contributed by atoms with Gasteiger partial charge in [0, 0.05) is 11.7 Å². The number of hydrogen-bond acceptors (Lipinski definition) is 2. The van der Waals surface area contributed by atoms with Crippen LogP contribution in [0.2, 0.25) is 0 Å². The van der Waals surface area contributed by atoms with Gasteiger partial charge in [-0.1, -0.05) is 0 Å². The summed E-state index contributed by atoms with van der Waals surface area (Å²) >= 11 is 1.70. The average Bonchev–Trinajstić information content (AvgIpc) is 2.18. The van der Waals surface area contributed by atoms with Crippen LogP contribution in [0.3, 0.4) is 0 Å². The molecule has 1 aliphatic heterocycles. The third kappa shape index (κ3) is 1.83. The van der Waals surface area contributed by atoms with E-state index in [1.54, 1.807) is 11.8 Å². The summed E-state index contributed by atoms with van der Waals surface area (Å²) in [6.07, 6.45) is 0.271. The maximum Gasteiger partial charge on any atom is 0.113 e. The van der Waals surface area contributed by atoms with Crippen molar-refractivity contribution in [2.24, 2.45) is 11.7 Å². The summed E-state index contributed by atoms with van der Waals surface area (Å²) in [5.41, 5.74) is 5.29. The third-order valence-electron chi connectivity index (χ3n) is 1.66. The van der Waals surface area contributed by atoms with Gasteiger partial charge in [0.25, 0.3) is 0 Å². The first-order chi connectivity index (χ1) is 4.34. The Labute approximate surface area is 59.2 Å². The van der Waals surface area contributed by atoms with Gasteiger partial charge in [0.15, 0.2) is 0 Å². The van der Waals surface area contributed by atoms with Gasteiger partial charge in [-0.05, 0) is 18.7 Å². The number of rotatable bonds is 2. The fraction of sp³-hybridized carbons (Fsp3) is 1.00. The van der Waals surface area contributed by atoms with E-state index >= 15 is 0 Å². The van der Waals surface area contributed by atoms with Crippen molar-refractivity contribution >= 4 is 11.8 Å². The van der Waals surface area contributed by atoms with Gasteiger partial charge in [0.1, 0.15) is 6.17 Å². The Kier molecular flexibility index (Phi) is 2.79. The lowest BCUT2D eigenvalue weighted by atomic mass is 10.0. The molecule has 0 saturated carbocycles. The Hall–Kier alpha value is 0.240. The lowest BCUT2D eigenvalue weighted by Crippen LogP contribution is -2.17. The van der Waals surface area contributed by atoms with Crippen molar-refractivity contribution in [1.29, 1.82) is 0 Å². The molecule has 1 rings (SSSR count). The molecule has 9 heavy (non-hydrogen) atoms. The highest BCUT2D eigenvalue weighted by molar-refractivity contribution is 7.99. The molecule has 0 amide bonds. The van der Waals surface area contributed by atoms with E-state index in [0.29, 0.717) is 12.3 Å². The molecule has 0 aromatic rings. The molecular formula is C6H12FNS. The molecule has 0 aliphatic carbocycles. The molecule has 2 atom stereocenters. The molecule has 2 N–H and O–H groups in total. The summed E-state index contributed by atoms with van der Waals surface area (Å²) in [5.74, 6) is 1.91. The topological polar surface area (TPSA) is 26.0 Å². The molecule has 2 unspecified atom stereocenters. The molecule has 0 radical (unpaired) electrons. The van der Waals surface area contributed by atoms with E-state index in [2.05, 4.69) is 0 Å². The van der Waals surface area contributed by atoms with Crippen LogP contribution in [0.5, 0.6) is 0 Å². The van der Waals surface area contributed by atoms with Crippen LogP contribution in [-0.4, -0.2) is 24.2 Å². The smallest absolute Gasteiger partial charge is 0.113 e. The van der Waals surface area contributed by atoms with Crippen LogP contribution in [0.25, 0.3) is 0 Å². The summed E-state index contributed by atoms with van der Waals surface area (Å²) in [5, 5.41) is 0. The number of alkyl halides is 1. The normalized spacial score (nSPS) is 35.3. The molecular weight excluding hydrogens is 137 g/mol. The summed E-state index contributed by atoms with van der Waals surface area (Å²) in [6.45, 7) is 0.631. The molecule has 54 valence electrons. The highest BCUT2D eigenvalue weighted by atomic mass is 32.2. The fourth-order valence-electron chi connectivity index (χ4n) is 1.05. The van der Waals surface area contributed by atoms with E-state index < -0.39 is 6.17 Å². The van der Waals surface area contributed by atoms with Gasteiger partial charge >= 0.3 is 0 Å². The average molecular weight is 149 g/mol. The van der Waals surface area contributed by atoms with Crippen molar-refractivity contribution in [3.63, 3.8) is 0 Å². The first-order valence-corrected chi connectivity index (χ1v) is 4.42. The lowest BCUT2D eigenvalue weighted by Gasteiger charge is -2.07. The number of thioether (sulfide) groups is 1. The fourth-order valence-corrected chi connectivity index (χ4v) is 2.36. The largest absolute Gasteiger partial charge is 0.330 e. The molecule has 0 aromatic carbocycles. The van der Waals surface area contributed by atoms with Crippen molar-refractivity contribution in [2.75, 3.05) is 18.1 Å². The van der Waals surface area contributed by atoms with Crippen LogP contribution in [-0.2, 0) is 0 Å². The minimum absolute atomic E-state index is 0.250. The summed E-state index contributed by atoms with van der Waals surface area (Å²) < 4.78 is 12.7. The maximum atomic E-state index is 12.7. The standard InChI is InChI=1S/C6H12FNS/c7-6-4-9-3-5(6)1-2-8/h5-6H,1-4,8H2. The van der Waals surface area contributed by atoms with E-state index in [-0.39, 0.29) is 5.92 Å². The Morgan fingerprint density at radius 1 is 1.56 bits per heavy atom.